The van der Waals surface area contributed by atoms with E-state index in [-0.39, 0.29) is 11.9 Å². The highest BCUT2D eigenvalue weighted by atomic mass is 32.2. The van der Waals surface area contributed by atoms with E-state index in [0.717, 1.165) is 18.6 Å². The van der Waals surface area contributed by atoms with E-state index in [0.29, 0.717) is 18.7 Å². The van der Waals surface area contributed by atoms with Crippen LogP contribution in [0.1, 0.15) is 24.8 Å². The summed E-state index contributed by atoms with van der Waals surface area (Å²) in [5, 5.41) is 0. The number of nitrogens with zero attached hydrogens (tertiary/aromatic N) is 1. The average Bonchev–Trinajstić information content (AvgIpc) is 2.55. The van der Waals surface area contributed by atoms with Gasteiger partial charge in [-0.15, -0.1) is 11.8 Å². The fraction of sp³-hybridized carbons (Fsp3) is 0.500. The Labute approximate surface area is 129 Å². The van der Waals surface area contributed by atoms with Crippen LogP contribution in [0.2, 0.25) is 0 Å². The van der Waals surface area contributed by atoms with Crippen LogP contribution < -0.4 is 0 Å². The molecular weight excluding hydrogens is 286 g/mol. The van der Waals surface area contributed by atoms with Crippen molar-refractivity contribution in [2.75, 3.05) is 19.4 Å². The van der Waals surface area contributed by atoms with Gasteiger partial charge in [-0.25, -0.2) is 4.79 Å². The second kappa shape index (κ2) is 8.08. The predicted molar refractivity (Wildman–Crippen MR) is 84.0 cm³/mol. The van der Waals surface area contributed by atoms with E-state index in [1.165, 1.54) is 12.7 Å². The first-order valence-corrected chi connectivity index (χ1v) is 8.37. The highest BCUT2D eigenvalue weighted by Crippen LogP contribution is 2.20. The Bertz CT molecular complexity index is 478. The number of piperidine rings is 1. The van der Waals surface area contributed by atoms with Crippen molar-refractivity contribution in [3.63, 3.8) is 0 Å². The average molecular weight is 307 g/mol. The smallest absolute Gasteiger partial charge is 0.328 e. The number of esters is 1. The minimum atomic E-state index is -0.395. The van der Waals surface area contributed by atoms with Crippen LogP contribution in [-0.4, -0.2) is 42.2 Å². The maximum absolute atomic E-state index is 12.3. The summed E-state index contributed by atoms with van der Waals surface area (Å²) in [6.45, 7) is 0.657. The van der Waals surface area contributed by atoms with E-state index < -0.39 is 6.04 Å². The number of thioether (sulfide) groups is 1. The number of benzene rings is 1. The zero-order valence-electron chi connectivity index (χ0n) is 12.3. The molecule has 1 aromatic rings. The van der Waals surface area contributed by atoms with E-state index in [1.807, 2.05) is 18.2 Å². The van der Waals surface area contributed by atoms with Crippen LogP contribution in [0.15, 0.2) is 30.3 Å². The Balaban J connectivity index is 1.84. The van der Waals surface area contributed by atoms with Gasteiger partial charge in [-0.2, -0.15) is 0 Å². The molecule has 0 aliphatic carbocycles. The van der Waals surface area contributed by atoms with Crippen LogP contribution in [0.5, 0.6) is 0 Å². The van der Waals surface area contributed by atoms with Crippen LogP contribution >= 0.6 is 11.8 Å². The highest BCUT2D eigenvalue weighted by molar-refractivity contribution is 7.99. The Morgan fingerprint density at radius 1 is 1.29 bits per heavy atom. The summed E-state index contributed by atoms with van der Waals surface area (Å²) in [4.78, 5) is 25.8. The zero-order valence-corrected chi connectivity index (χ0v) is 13.1. The largest absolute Gasteiger partial charge is 0.467 e. The van der Waals surface area contributed by atoms with Crippen LogP contribution in [0.3, 0.4) is 0 Å². The number of hydrogen-bond donors (Lipinski definition) is 0. The number of carbonyl (C=O) groups is 2. The van der Waals surface area contributed by atoms with Gasteiger partial charge in [-0.05, 0) is 24.8 Å². The SMILES string of the molecule is COC(=O)[C@H]1CCCCN1C(=O)CSCc1ccccc1. The summed E-state index contributed by atoms with van der Waals surface area (Å²) in [7, 11) is 1.38. The number of carbonyl (C=O) groups excluding carboxylic acids is 2. The minimum Gasteiger partial charge on any atom is -0.467 e. The summed E-state index contributed by atoms with van der Waals surface area (Å²) in [5.74, 6) is 0.952. The molecule has 114 valence electrons. The molecule has 1 aliphatic rings. The molecular formula is C16H21NO3S. The highest BCUT2D eigenvalue weighted by Gasteiger charge is 2.32. The summed E-state index contributed by atoms with van der Waals surface area (Å²) in [6.07, 6.45) is 2.64. The van der Waals surface area contributed by atoms with Crippen LogP contribution in [0.25, 0.3) is 0 Å². The van der Waals surface area contributed by atoms with Gasteiger partial charge in [-0.3, -0.25) is 4.79 Å². The zero-order chi connectivity index (χ0) is 15.1. The Morgan fingerprint density at radius 2 is 2.05 bits per heavy atom. The van der Waals surface area contributed by atoms with Crippen molar-refractivity contribution < 1.29 is 14.3 Å². The molecule has 1 aliphatic heterocycles. The number of methoxy groups -OCH3 is 1. The lowest BCUT2D eigenvalue weighted by molar-refractivity contribution is -0.153. The van der Waals surface area contributed by atoms with E-state index in [4.69, 9.17) is 4.74 Å². The summed E-state index contributed by atoms with van der Waals surface area (Å²) in [6, 6.07) is 9.68. The van der Waals surface area contributed by atoms with Crippen molar-refractivity contribution in [2.24, 2.45) is 0 Å². The normalized spacial score (nSPS) is 18.3. The van der Waals surface area contributed by atoms with Crippen LogP contribution in [0.4, 0.5) is 0 Å². The van der Waals surface area contributed by atoms with Gasteiger partial charge in [-0.1, -0.05) is 30.3 Å². The molecule has 1 saturated heterocycles. The molecule has 0 unspecified atom stereocenters. The second-order valence-corrected chi connectivity index (χ2v) is 6.09. The molecule has 1 aromatic carbocycles. The predicted octanol–water partition coefficient (Wildman–Crippen LogP) is 2.47. The Kier molecular flexibility index (Phi) is 6.11. The number of ether oxygens (including phenoxy) is 1. The molecule has 2 rings (SSSR count). The van der Waals surface area contributed by atoms with Gasteiger partial charge in [0, 0.05) is 12.3 Å². The van der Waals surface area contributed by atoms with Crippen LogP contribution in [-0.2, 0) is 20.1 Å². The summed E-state index contributed by atoms with van der Waals surface area (Å²) >= 11 is 1.59. The fourth-order valence-electron chi connectivity index (χ4n) is 2.52. The summed E-state index contributed by atoms with van der Waals surface area (Å²) < 4.78 is 4.80. The van der Waals surface area contributed by atoms with Crippen molar-refractivity contribution in [1.82, 2.24) is 4.90 Å². The maximum Gasteiger partial charge on any atom is 0.328 e. The van der Waals surface area contributed by atoms with Gasteiger partial charge < -0.3 is 9.64 Å². The third-order valence-electron chi connectivity index (χ3n) is 3.63. The first-order valence-electron chi connectivity index (χ1n) is 7.21. The second-order valence-electron chi connectivity index (χ2n) is 5.10. The molecule has 21 heavy (non-hydrogen) atoms. The molecule has 0 radical (unpaired) electrons. The standard InChI is InChI=1S/C16H21NO3S/c1-20-16(19)14-9-5-6-10-17(14)15(18)12-21-11-13-7-3-2-4-8-13/h2-4,7-8,14H,5-6,9-12H2,1H3/t14-/m1/s1. The lowest BCUT2D eigenvalue weighted by atomic mass is 10.0. The van der Waals surface area contributed by atoms with E-state index in [9.17, 15) is 9.59 Å². The van der Waals surface area contributed by atoms with E-state index in [1.54, 1.807) is 16.7 Å². The maximum atomic E-state index is 12.3. The van der Waals surface area contributed by atoms with E-state index in [2.05, 4.69) is 12.1 Å². The number of hydrogen-bond acceptors (Lipinski definition) is 4. The number of likely N-dealkylation sites (tertiary alicyclic amines) is 1. The molecule has 0 aromatic heterocycles. The molecule has 1 fully saturated rings. The lowest BCUT2D eigenvalue weighted by Gasteiger charge is -2.33. The van der Waals surface area contributed by atoms with Crippen LogP contribution in [0, 0.1) is 0 Å². The van der Waals surface area contributed by atoms with E-state index >= 15 is 0 Å². The molecule has 4 nitrogen and oxygen atoms in total. The quantitative estimate of drug-likeness (QED) is 0.784. The number of rotatable bonds is 5. The molecule has 0 bridgehead atoms. The first-order chi connectivity index (χ1) is 10.2. The monoisotopic (exact) mass is 307 g/mol. The molecule has 0 saturated carbocycles. The van der Waals surface area contributed by atoms with Crippen molar-refractivity contribution in [1.29, 1.82) is 0 Å². The molecule has 5 heteroatoms. The van der Waals surface area contributed by atoms with Gasteiger partial charge >= 0.3 is 5.97 Å². The van der Waals surface area contributed by atoms with Gasteiger partial charge in [0.05, 0.1) is 12.9 Å². The first kappa shape index (κ1) is 15.9. The van der Waals surface area contributed by atoms with Gasteiger partial charge in [0.2, 0.25) is 5.91 Å². The van der Waals surface area contributed by atoms with Gasteiger partial charge in [0.1, 0.15) is 6.04 Å². The lowest BCUT2D eigenvalue weighted by Crippen LogP contribution is -2.49. The third-order valence-corrected chi connectivity index (χ3v) is 4.62. The third kappa shape index (κ3) is 4.49. The molecule has 0 N–H and O–H groups in total. The van der Waals surface area contributed by atoms with Crippen molar-refractivity contribution in [3.05, 3.63) is 35.9 Å². The van der Waals surface area contributed by atoms with Crippen molar-refractivity contribution in [2.45, 2.75) is 31.1 Å². The topological polar surface area (TPSA) is 46.6 Å². The van der Waals surface area contributed by atoms with Gasteiger partial charge in [0.25, 0.3) is 0 Å². The number of amides is 1. The molecule has 1 atom stereocenters. The van der Waals surface area contributed by atoms with Crippen molar-refractivity contribution in [3.8, 4) is 0 Å². The fourth-order valence-corrected chi connectivity index (χ4v) is 3.40. The van der Waals surface area contributed by atoms with Gasteiger partial charge in [0.15, 0.2) is 0 Å². The Hall–Kier alpha value is -1.49. The Morgan fingerprint density at radius 3 is 2.76 bits per heavy atom. The molecule has 1 heterocycles. The molecule has 1 amide bonds. The molecule has 0 spiro atoms. The summed E-state index contributed by atoms with van der Waals surface area (Å²) in [5.41, 5.74) is 1.21. The van der Waals surface area contributed by atoms with Crippen molar-refractivity contribution >= 4 is 23.6 Å². The minimum absolute atomic E-state index is 0.0334.